The van der Waals surface area contributed by atoms with Crippen molar-refractivity contribution in [2.75, 3.05) is 6.54 Å². The van der Waals surface area contributed by atoms with Gasteiger partial charge >= 0.3 is 12.1 Å². The molecule has 0 bridgehead atoms. The monoisotopic (exact) mass is 269 g/mol. The van der Waals surface area contributed by atoms with Gasteiger partial charge in [-0.2, -0.15) is 13.2 Å². The largest absolute Gasteiger partial charge is 0.480 e. The van der Waals surface area contributed by atoms with E-state index < -0.39 is 24.2 Å². The first-order valence-electron chi connectivity index (χ1n) is 6.03. The van der Waals surface area contributed by atoms with Crippen molar-refractivity contribution in [1.29, 1.82) is 0 Å². The number of carboxylic acid groups (broad SMARTS) is 1. The Hall–Kier alpha value is -0.780. The van der Waals surface area contributed by atoms with E-state index in [1.54, 1.807) is 27.7 Å². The quantitative estimate of drug-likeness (QED) is 0.746. The maximum Gasteiger partial charge on any atom is 0.401 e. The smallest absolute Gasteiger partial charge is 0.401 e. The highest BCUT2D eigenvalue weighted by atomic mass is 19.4. The van der Waals surface area contributed by atoms with Crippen LogP contribution in [-0.4, -0.2) is 29.3 Å². The van der Waals surface area contributed by atoms with Crippen LogP contribution in [0.15, 0.2) is 0 Å². The third-order valence-corrected chi connectivity index (χ3v) is 2.55. The molecule has 6 heteroatoms. The number of carbonyl (C=O) groups is 1. The van der Waals surface area contributed by atoms with E-state index in [2.05, 4.69) is 5.32 Å². The van der Waals surface area contributed by atoms with Crippen LogP contribution in [0.1, 0.15) is 40.5 Å². The zero-order chi connectivity index (χ0) is 14.6. The van der Waals surface area contributed by atoms with Crippen LogP contribution < -0.4 is 5.32 Å². The van der Waals surface area contributed by atoms with Crippen LogP contribution in [0.25, 0.3) is 0 Å². The van der Waals surface area contributed by atoms with Crippen molar-refractivity contribution in [3.05, 3.63) is 0 Å². The Morgan fingerprint density at radius 3 is 1.72 bits per heavy atom. The molecule has 0 amide bonds. The van der Waals surface area contributed by atoms with E-state index in [9.17, 15) is 23.1 Å². The molecule has 0 atom stereocenters. The summed E-state index contributed by atoms with van der Waals surface area (Å²) in [6.45, 7) is 5.92. The summed E-state index contributed by atoms with van der Waals surface area (Å²) in [5, 5.41) is 11.5. The predicted molar refractivity (Wildman–Crippen MR) is 63.3 cm³/mol. The van der Waals surface area contributed by atoms with Gasteiger partial charge < -0.3 is 5.11 Å². The Kier molecular flexibility index (Phi) is 6.13. The van der Waals surface area contributed by atoms with E-state index in [1.165, 1.54) is 0 Å². The summed E-state index contributed by atoms with van der Waals surface area (Å²) < 4.78 is 36.8. The number of rotatable bonds is 7. The van der Waals surface area contributed by atoms with Gasteiger partial charge in [0.25, 0.3) is 0 Å². The van der Waals surface area contributed by atoms with Gasteiger partial charge in [-0.1, -0.05) is 27.7 Å². The summed E-state index contributed by atoms with van der Waals surface area (Å²) in [6.07, 6.45) is -4.05. The van der Waals surface area contributed by atoms with Gasteiger partial charge in [-0.3, -0.25) is 10.1 Å². The van der Waals surface area contributed by atoms with Crippen molar-refractivity contribution in [3.8, 4) is 0 Å². The van der Waals surface area contributed by atoms with Crippen molar-refractivity contribution >= 4 is 5.97 Å². The van der Waals surface area contributed by atoms with Gasteiger partial charge in [-0.05, 0) is 24.7 Å². The second-order valence-electron chi connectivity index (χ2n) is 5.55. The van der Waals surface area contributed by atoms with E-state index in [1.807, 2.05) is 0 Å². The first kappa shape index (κ1) is 17.2. The average Bonchev–Trinajstić information content (AvgIpc) is 2.10. The highest BCUT2D eigenvalue weighted by Gasteiger charge is 2.42. The molecular weight excluding hydrogens is 247 g/mol. The van der Waals surface area contributed by atoms with Gasteiger partial charge in [0.05, 0.1) is 6.54 Å². The van der Waals surface area contributed by atoms with E-state index in [0.29, 0.717) is 0 Å². The maximum absolute atomic E-state index is 12.3. The van der Waals surface area contributed by atoms with Gasteiger partial charge in [0.2, 0.25) is 0 Å². The van der Waals surface area contributed by atoms with Crippen LogP contribution in [0.5, 0.6) is 0 Å². The Balaban J connectivity index is 5.01. The predicted octanol–water partition coefficient (Wildman–Crippen LogP) is 3.05. The Morgan fingerprint density at radius 2 is 1.50 bits per heavy atom. The zero-order valence-corrected chi connectivity index (χ0v) is 11.3. The molecule has 0 aliphatic carbocycles. The van der Waals surface area contributed by atoms with Crippen molar-refractivity contribution in [1.82, 2.24) is 5.32 Å². The minimum Gasteiger partial charge on any atom is -0.480 e. The molecule has 0 fully saturated rings. The number of hydrogen-bond donors (Lipinski definition) is 2. The molecule has 2 N–H and O–H groups in total. The average molecular weight is 269 g/mol. The van der Waals surface area contributed by atoms with E-state index in [-0.39, 0.29) is 24.7 Å². The molecular formula is C12H22F3NO2. The van der Waals surface area contributed by atoms with Crippen molar-refractivity contribution in [2.45, 2.75) is 52.3 Å². The van der Waals surface area contributed by atoms with Gasteiger partial charge in [0, 0.05) is 0 Å². The molecule has 0 aromatic carbocycles. The number of hydrogen-bond acceptors (Lipinski definition) is 2. The van der Waals surface area contributed by atoms with Crippen LogP contribution in [0.4, 0.5) is 13.2 Å². The molecule has 0 unspecified atom stereocenters. The second kappa shape index (κ2) is 6.41. The molecule has 18 heavy (non-hydrogen) atoms. The summed E-state index contributed by atoms with van der Waals surface area (Å²) >= 11 is 0. The fourth-order valence-corrected chi connectivity index (χ4v) is 2.14. The fraction of sp³-hybridized carbons (Fsp3) is 0.917. The molecule has 3 nitrogen and oxygen atoms in total. The standard InChI is InChI=1S/C12H22F3NO2/c1-8(2)5-11(10(17)18,6-9(3)4)16-7-12(13,14)15/h8-9,16H,5-7H2,1-4H3,(H,17,18). The summed E-state index contributed by atoms with van der Waals surface area (Å²) in [5.41, 5.74) is -1.50. The molecule has 0 aliphatic rings. The van der Waals surface area contributed by atoms with Gasteiger partial charge in [0.15, 0.2) is 0 Å². The van der Waals surface area contributed by atoms with Gasteiger partial charge in [-0.25, -0.2) is 0 Å². The Bertz CT molecular complexity index is 265. The first-order valence-corrected chi connectivity index (χ1v) is 6.03. The lowest BCUT2D eigenvalue weighted by Gasteiger charge is -2.34. The summed E-state index contributed by atoms with van der Waals surface area (Å²) in [5.74, 6) is -1.21. The molecule has 0 radical (unpaired) electrons. The normalized spacial score (nSPS) is 13.4. The SMILES string of the molecule is CC(C)CC(CC(C)C)(NCC(F)(F)F)C(=O)O. The maximum atomic E-state index is 12.3. The van der Waals surface area contributed by atoms with Crippen LogP contribution in [-0.2, 0) is 4.79 Å². The zero-order valence-electron chi connectivity index (χ0n) is 11.3. The van der Waals surface area contributed by atoms with Crippen LogP contribution >= 0.6 is 0 Å². The Labute approximate surface area is 106 Å². The molecule has 0 aromatic heterocycles. The third-order valence-electron chi connectivity index (χ3n) is 2.55. The number of carboxylic acids is 1. The van der Waals surface area contributed by atoms with Gasteiger partial charge in [0.1, 0.15) is 5.54 Å². The number of nitrogens with one attached hydrogen (secondary N) is 1. The summed E-state index contributed by atoms with van der Waals surface area (Å²) in [7, 11) is 0. The topological polar surface area (TPSA) is 49.3 Å². The van der Waals surface area contributed by atoms with E-state index in [4.69, 9.17) is 0 Å². The van der Waals surface area contributed by atoms with Crippen molar-refractivity contribution in [3.63, 3.8) is 0 Å². The lowest BCUT2D eigenvalue weighted by atomic mass is 9.81. The van der Waals surface area contributed by atoms with Gasteiger partial charge in [-0.15, -0.1) is 0 Å². The molecule has 0 saturated heterocycles. The minimum absolute atomic E-state index is 0.000540. The first-order chi connectivity index (χ1) is 7.98. The Morgan fingerprint density at radius 1 is 1.11 bits per heavy atom. The van der Waals surface area contributed by atoms with Crippen LogP contribution in [0.2, 0.25) is 0 Å². The minimum atomic E-state index is -4.41. The molecule has 0 rings (SSSR count). The number of alkyl halides is 3. The molecule has 0 spiro atoms. The molecule has 108 valence electrons. The summed E-state index contributed by atoms with van der Waals surface area (Å²) in [6, 6.07) is 0. The van der Waals surface area contributed by atoms with Crippen LogP contribution in [0.3, 0.4) is 0 Å². The van der Waals surface area contributed by atoms with E-state index >= 15 is 0 Å². The van der Waals surface area contributed by atoms with E-state index in [0.717, 1.165) is 0 Å². The molecule has 0 aliphatic heterocycles. The highest BCUT2D eigenvalue weighted by Crippen LogP contribution is 2.27. The summed E-state index contributed by atoms with van der Waals surface area (Å²) in [4.78, 5) is 11.4. The van der Waals surface area contributed by atoms with Crippen molar-refractivity contribution < 1.29 is 23.1 Å². The second-order valence-corrected chi connectivity index (χ2v) is 5.55. The molecule has 0 saturated carbocycles. The molecule has 0 aromatic rings. The third kappa shape index (κ3) is 6.23. The molecule has 0 heterocycles. The lowest BCUT2D eigenvalue weighted by molar-refractivity contribution is -0.152. The number of aliphatic carboxylic acids is 1. The van der Waals surface area contributed by atoms with Crippen molar-refractivity contribution in [2.24, 2.45) is 11.8 Å². The van der Waals surface area contributed by atoms with Crippen LogP contribution in [0, 0.1) is 11.8 Å². The fourth-order valence-electron chi connectivity index (χ4n) is 2.14. The number of halogens is 3. The highest BCUT2D eigenvalue weighted by molar-refractivity contribution is 5.78. The lowest BCUT2D eigenvalue weighted by Crippen LogP contribution is -2.56.